The number of rotatable bonds is 0. The summed E-state index contributed by atoms with van der Waals surface area (Å²) in [6, 6.07) is 0. The number of carbonyl (C=O) groups is 1. The highest BCUT2D eigenvalue weighted by atomic mass is 16.3. The molecular formula is C17H24O2. The van der Waals surface area contributed by atoms with Crippen LogP contribution in [0.2, 0.25) is 0 Å². The van der Waals surface area contributed by atoms with Gasteiger partial charge in [-0.25, -0.2) is 0 Å². The molecule has 2 heteroatoms. The Balaban J connectivity index is 1.66. The Bertz CT molecular complexity index is 425. The van der Waals surface area contributed by atoms with Gasteiger partial charge in [0.25, 0.3) is 0 Å². The van der Waals surface area contributed by atoms with Crippen molar-refractivity contribution in [3.63, 3.8) is 0 Å². The van der Waals surface area contributed by atoms with E-state index in [-0.39, 0.29) is 11.9 Å². The van der Waals surface area contributed by atoms with Crippen molar-refractivity contribution in [1.29, 1.82) is 0 Å². The van der Waals surface area contributed by atoms with Crippen molar-refractivity contribution >= 4 is 5.78 Å². The van der Waals surface area contributed by atoms with E-state index in [4.69, 9.17) is 0 Å². The topological polar surface area (TPSA) is 37.3 Å². The molecular weight excluding hydrogens is 236 g/mol. The van der Waals surface area contributed by atoms with Gasteiger partial charge in [0.1, 0.15) is 0 Å². The zero-order chi connectivity index (χ0) is 13.0. The van der Waals surface area contributed by atoms with Crippen LogP contribution in [0.5, 0.6) is 0 Å². The fourth-order valence-corrected chi connectivity index (χ4v) is 5.83. The van der Waals surface area contributed by atoms with E-state index in [9.17, 15) is 9.90 Å². The summed E-state index contributed by atoms with van der Waals surface area (Å²) in [4.78, 5) is 11.6. The Morgan fingerprint density at radius 2 is 1.95 bits per heavy atom. The lowest BCUT2D eigenvalue weighted by atomic mass is 9.55. The lowest BCUT2D eigenvalue weighted by Crippen LogP contribution is -2.47. The average molecular weight is 260 g/mol. The molecule has 0 spiro atoms. The van der Waals surface area contributed by atoms with Crippen LogP contribution in [0.4, 0.5) is 0 Å². The molecule has 0 aromatic heterocycles. The molecule has 4 rings (SSSR count). The Labute approximate surface area is 115 Å². The van der Waals surface area contributed by atoms with Gasteiger partial charge in [0.2, 0.25) is 0 Å². The molecule has 2 nitrogen and oxygen atoms in total. The lowest BCUT2D eigenvalue weighted by Gasteiger charge is -2.51. The largest absolute Gasteiger partial charge is 0.392 e. The molecule has 0 unspecified atom stereocenters. The number of carbonyl (C=O) groups excluding carboxylic acids is 1. The number of hydrogen-bond acceptors (Lipinski definition) is 2. The van der Waals surface area contributed by atoms with Crippen LogP contribution >= 0.6 is 0 Å². The van der Waals surface area contributed by atoms with Crippen molar-refractivity contribution in [2.75, 3.05) is 0 Å². The highest BCUT2D eigenvalue weighted by Crippen LogP contribution is 2.56. The summed E-state index contributed by atoms with van der Waals surface area (Å²) in [5.41, 5.74) is 1.28. The highest BCUT2D eigenvalue weighted by Gasteiger charge is 2.50. The molecule has 0 bridgehead atoms. The maximum Gasteiger partial charge on any atom is 0.155 e. The second-order valence-corrected chi connectivity index (χ2v) is 7.28. The van der Waals surface area contributed by atoms with Gasteiger partial charge in [-0.2, -0.15) is 0 Å². The predicted octanol–water partition coefficient (Wildman–Crippen LogP) is 3.10. The maximum atomic E-state index is 11.6. The molecule has 0 heterocycles. The van der Waals surface area contributed by atoms with Crippen LogP contribution in [0, 0.1) is 29.6 Å². The van der Waals surface area contributed by atoms with Crippen LogP contribution in [0.1, 0.15) is 51.4 Å². The first kappa shape index (κ1) is 12.1. The third-order valence-electron chi connectivity index (χ3n) is 6.51. The monoisotopic (exact) mass is 260 g/mol. The number of aliphatic hydroxyl groups excluding tert-OH is 1. The molecule has 4 aliphatic carbocycles. The second-order valence-electron chi connectivity index (χ2n) is 7.28. The van der Waals surface area contributed by atoms with Crippen molar-refractivity contribution < 1.29 is 9.90 Å². The van der Waals surface area contributed by atoms with E-state index in [0.717, 1.165) is 31.1 Å². The molecule has 19 heavy (non-hydrogen) atoms. The standard InChI is InChI=1S/C17H24O2/c18-12-5-7-13-11(8-12)9-16(19)17-14-3-1-2-10(14)4-6-15(13)17/h8,10,13-17,19H,1-7,9H2/t10-,13-,14+,15+,16-,17-/m0/s1. The van der Waals surface area contributed by atoms with Crippen molar-refractivity contribution in [2.24, 2.45) is 29.6 Å². The van der Waals surface area contributed by atoms with Crippen LogP contribution in [0.25, 0.3) is 0 Å². The molecule has 4 aliphatic rings. The fraction of sp³-hybridized carbons (Fsp3) is 0.824. The Hall–Kier alpha value is -0.630. The quantitative estimate of drug-likeness (QED) is 0.726. The molecule has 6 atom stereocenters. The molecule has 0 amide bonds. The lowest BCUT2D eigenvalue weighted by molar-refractivity contribution is -0.116. The minimum absolute atomic E-state index is 0.177. The second kappa shape index (κ2) is 4.44. The molecule has 3 saturated carbocycles. The van der Waals surface area contributed by atoms with Crippen molar-refractivity contribution in [3.8, 4) is 0 Å². The van der Waals surface area contributed by atoms with Gasteiger partial charge in [0.15, 0.2) is 5.78 Å². The van der Waals surface area contributed by atoms with Crippen LogP contribution in [-0.4, -0.2) is 17.0 Å². The minimum atomic E-state index is -0.177. The normalized spacial score (nSPS) is 49.1. The maximum absolute atomic E-state index is 11.6. The summed E-state index contributed by atoms with van der Waals surface area (Å²) in [6.45, 7) is 0. The van der Waals surface area contributed by atoms with Crippen molar-refractivity contribution in [3.05, 3.63) is 11.6 Å². The van der Waals surface area contributed by atoms with Crippen LogP contribution in [0.15, 0.2) is 11.6 Å². The number of ketones is 1. The molecule has 0 aliphatic heterocycles. The van der Waals surface area contributed by atoms with Crippen molar-refractivity contribution in [2.45, 2.75) is 57.5 Å². The minimum Gasteiger partial charge on any atom is -0.392 e. The average Bonchev–Trinajstić information content (AvgIpc) is 2.86. The van der Waals surface area contributed by atoms with Gasteiger partial charge in [0, 0.05) is 6.42 Å². The summed E-state index contributed by atoms with van der Waals surface area (Å²) >= 11 is 0. The van der Waals surface area contributed by atoms with E-state index in [1.165, 1.54) is 37.7 Å². The first-order valence-electron chi connectivity index (χ1n) is 8.15. The van der Waals surface area contributed by atoms with E-state index in [2.05, 4.69) is 0 Å². The molecule has 0 aromatic carbocycles. The van der Waals surface area contributed by atoms with Gasteiger partial charge in [-0.1, -0.05) is 18.4 Å². The molecule has 1 N–H and O–H groups in total. The third-order valence-corrected chi connectivity index (χ3v) is 6.51. The summed E-state index contributed by atoms with van der Waals surface area (Å²) in [7, 11) is 0. The predicted molar refractivity (Wildman–Crippen MR) is 73.5 cm³/mol. The van der Waals surface area contributed by atoms with Crippen LogP contribution in [-0.2, 0) is 4.79 Å². The van der Waals surface area contributed by atoms with Gasteiger partial charge in [-0.05, 0) is 67.8 Å². The van der Waals surface area contributed by atoms with Crippen molar-refractivity contribution in [1.82, 2.24) is 0 Å². The van der Waals surface area contributed by atoms with E-state index < -0.39 is 0 Å². The SMILES string of the molecule is O=C1C=C2C[C@H](O)[C@H]3[C@@H]4CCC[C@H]4CC[C@@H]3[C@H]2CC1. The van der Waals surface area contributed by atoms with E-state index in [1.807, 2.05) is 6.08 Å². The fourth-order valence-electron chi connectivity index (χ4n) is 5.83. The van der Waals surface area contributed by atoms with E-state index in [1.54, 1.807) is 0 Å². The molecule has 0 radical (unpaired) electrons. The van der Waals surface area contributed by atoms with Gasteiger partial charge in [0.05, 0.1) is 6.10 Å². The zero-order valence-electron chi connectivity index (χ0n) is 11.6. The Morgan fingerprint density at radius 1 is 1.05 bits per heavy atom. The Kier molecular flexibility index (Phi) is 2.84. The summed E-state index contributed by atoms with van der Waals surface area (Å²) in [6.07, 6.45) is 11.0. The van der Waals surface area contributed by atoms with E-state index in [0.29, 0.717) is 17.8 Å². The number of fused-ring (bicyclic) bond motifs is 5. The molecule has 104 valence electrons. The molecule has 3 fully saturated rings. The molecule has 0 aromatic rings. The molecule has 0 saturated heterocycles. The van der Waals surface area contributed by atoms with Gasteiger partial charge in [-0.15, -0.1) is 0 Å². The van der Waals surface area contributed by atoms with Gasteiger partial charge in [-0.3, -0.25) is 4.79 Å². The highest BCUT2D eigenvalue weighted by molar-refractivity contribution is 5.91. The first-order chi connectivity index (χ1) is 9.24. The Morgan fingerprint density at radius 3 is 2.84 bits per heavy atom. The third kappa shape index (κ3) is 1.83. The number of aliphatic hydroxyl groups is 1. The van der Waals surface area contributed by atoms with Crippen LogP contribution < -0.4 is 0 Å². The number of hydrogen-bond donors (Lipinski definition) is 1. The van der Waals surface area contributed by atoms with E-state index >= 15 is 0 Å². The smallest absolute Gasteiger partial charge is 0.155 e. The van der Waals surface area contributed by atoms with Crippen LogP contribution in [0.3, 0.4) is 0 Å². The zero-order valence-corrected chi connectivity index (χ0v) is 11.6. The van der Waals surface area contributed by atoms with Gasteiger partial charge < -0.3 is 5.11 Å². The van der Waals surface area contributed by atoms with Gasteiger partial charge >= 0.3 is 0 Å². The summed E-state index contributed by atoms with van der Waals surface area (Å²) in [5, 5.41) is 10.6. The first-order valence-corrected chi connectivity index (χ1v) is 8.15. The summed E-state index contributed by atoms with van der Waals surface area (Å²) in [5.74, 6) is 3.79. The summed E-state index contributed by atoms with van der Waals surface area (Å²) < 4.78 is 0.